The SMILES string of the molecule is NS(=O)(=O)CCN(Cc1cccnc1)C(=S)S. The van der Waals surface area contributed by atoms with E-state index in [0.29, 0.717) is 10.9 Å². The number of primary sulfonamides is 1. The second kappa shape index (κ2) is 6.29. The molecule has 94 valence electrons. The van der Waals surface area contributed by atoms with Gasteiger partial charge < -0.3 is 4.90 Å². The summed E-state index contributed by atoms with van der Waals surface area (Å²) in [6.45, 7) is 0.682. The molecule has 0 aliphatic heterocycles. The van der Waals surface area contributed by atoms with E-state index in [1.807, 2.05) is 6.07 Å². The van der Waals surface area contributed by atoms with Crippen molar-refractivity contribution < 1.29 is 8.42 Å². The molecular formula is C9H13N3O2S3. The van der Waals surface area contributed by atoms with E-state index >= 15 is 0 Å². The molecule has 0 aliphatic rings. The molecule has 0 aromatic carbocycles. The number of pyridine rings is 1. The predicted molar refractivity (Wildman–Crippen MR) is 74.2 cm³/mol. The summed E-state index contributed by atoms with van der Waals surface area (Å²) < 4.78 is 22.1. The van der Waals surface area contributed by atoms with E-state index in [0.717, 1.165) is 5.56 Å². The summed E-state index contributed by atoms with van der Waals surface area (Å²) in [6, 6.07) is 3.68. The van der Waals surface area contributed by atoms with E-state index in [4.69, 9.17) is 17.4 Å². The fourth-order valence-electron chi connectivity index (χ4n) is 1.19. The van der Waals surface area contributed by atoms with Gasteiger partial charge in [-0.2, -0.15) is 0 Å². The second-order valence-electron chi connectivity index (χ2n) is 3.43. The van der Waals surface area contributed by atoms with Crippen LogP contribution in [0.4, 0.5) is 0 Å². The molecule has 1 rings (SSSR count). The van der Waals surface area contributed by atoms with Crippen LogP contribution < -0.4 is 5.14 Å². The summed E-state index contributed by atoms with van der Waals surface area (Å²) in [5.41, 5.74) is 0.929. The lowest BCUT2D eigenvalue weighted by Crippen LogP contribution is -2.33. The number of nitrogens with two attached hydrogens (primary N) is 1. The highest BCUT2D eigenvalue weighted by Crippen LogP contribution is 2.06. The maximum atomic E-state index is 10.9. The fraction of sp³-hybridized carbons (Fsp3) is 0.333. The van der Waals surface area contributed by atoms with Crippen LogP contribution in [0, 0.1) is 0 Å². The number of rotatable bonds is 5. The molecule has 0 bridgehead atoms. The molecule has 0 amide bonds. The summed E-state index contributed by atoms with van der Waals surface area (Å²) in [5, 5.41) is 4.94. The highest BCUT2D eigenvalue weighted by Gasteiger charge is 2.11. The van der Waals surface area contributed by atoms with Crippen LogP contribution >= 0.6 is 24.8 Å². The molecule has 17 heavy (non-hydrogen) atoms. The topological polar surface area (TPSA) is 76.3 Å². The molecule has 1 aromatic heterocycles. The van der Waals surface area contributed by atoms with E-state index < -0.39 is 10.0 Å². The first kappa shape index (κ1) is 14.4. The zero-order valence-corrected chi connectivity index (χ0v) is 11.5. The van der Waals surface area contributed by atoms with Crippen LogP contribution in [0.1, 0.15) is 5.56 Å². The number of aromatic nitrogens is 1. The summed E-state index contributed by atoms with van der Waals surface area (Å²) in [5.74, 6) is -0.159. The van der Waals surface area contributed by atoms with Gasteiger partial charge in [-0.3, -0.25) is 4.98 Å². The maximum absolute atomic E-state index is 10.9. The minimum Gasteiger partial charge on any atom is -0.352 e. The summed E-state index contributed by atoms with van der Waals surface area (Å²) in [7, 11) is -3.50. The molecule has 1 heterocycles. The maximum Gasteiger partial charge on any atom is 0.210 e. The Morgan fingerprint density at radius 1 is 1.59 bits per heavy atom. The highest BCUT2D eigenvalue weighted by atomic mass is 32.2. The summed E-state index contributed by atoms with van der Waals surface area (Å²) in [6.07, 6.45) is 3.35. The highest BCUT2D eigenvalue weighted by molar-refractivity contribution is 8.10. The molecule has 0 fully saturated rings. The third-order valence-electron chi connectivity index (χ3n) is 2.01. The monoisotopic (exact) mass is 291 g/mol. The van der Waals surface area contributed by atoms with Gasteiger partial charge in [0, 0.05) is 25.5 Å². The molecular weight excluding hydrogens is 278 g/mol. The van der Waals surface area contributed by atoms with Crippen molar-refractivity contribution in [3.63, 3.8) is 0 Å². The van der Waals surface area contributed by atoms with Gasteiger partial charge in [-0.1, -0.05) is 18.3 Å². The van der Waals surface area contributed by atoms with Crippen molar-refractivity contribution in [2.24, 2.45) is 5.14 Å². The minimum atomic E-state index is -3.50. The number of sulfonamides is 1. The van der Waals surface area contributed by atoms with Crippen LogP contribution in [-0.4, -0.2) is 34.9 Å². The van der Waals surface area contributed by atoms with Crippen molar-refractivity contribution in [3.05, 3.63) is 30.1 Å². The van der Waals surface area contributed by atoms with Crippen LogP contribution in [0.5, 0.6) is 0 Å². The number of nitrogens with zero attached hydrogens (tertiary/aromatic N) is 2. The first-order valence-corrected chi connectivity index (χ1v) is 7.33. The van der Waals surface area contributed by atoms with Gasteiger partial charge in [0.1, 0.15) is 4.32 Å². The molecule has 0 radical (unpaired) electrons. The first-order chi connectivity index (χ1) is 7.88. The van der Waals surface area contributed by atoms with E-state index in [1.165, 1.54) is 0 Å². The van der Waals surface area contributed by atoms with E-state index in [1.54, 1.807) is 23.4 Å². The molecule has 0 atom stereocenters. The van der Waals surface area contributed by atoms with Crippen molar-refractivity contribution in [2.75, 3.05) is 12.3 Å². The lowest BCUT2D eigenvalue weighted by Gasteiger charge is -2.21. The summed E-state index contributed by atoms with van der Waals surface area (Å²) in [4.78, 5) is 5.62. The standard InChI is InChI=1S/C9H13N3O2S3/c10-17(13,14)5-4-12(9(15)16)7-8-2-1-3-11-6-8/h1-3,6H,4-5,7H2,(H,15,16)(H2,10,13,14). The molecule has 5 nitrogen and oxygen atoms in total. The Bertz CT molecular complexity index is 476. The number of hydrogen-bond acceptors (Lipinski definition) is 4. The van der Waals surface area contributed by atoms with Gasteiger partial charge >= 0.3 is 0 Å². The van der Waals surface area contributed by atoms with Crippen molar-refractivity contribution >= 4 is 39.2 Å². The molecule has 2 N–H and O–H groups in total. The Labute approximate surface area is 111 Å². The first-order valence-electron chi connectivity index (χ1n) is 4.76. The van der Waals surface area contributed by atoms with Crippen LogP contribution in [0.25, 0.3) is 0 Å². The van der Waals surface area contributed by atoms with Gasteiger partial charge in [-0.25, -0.2) is 13.6 Å². The number of thiocarbonyl (C=S) groups is 1. The van der Waals surface area contributed by atoms with Crippen LogP contribution in [0.2, 0.25) is 0 Å². The molecule has 0 aliphatic carbocycles. The van der Waals surface area contributed by atoms with E-state index in [-0.39, 0.29) is 12.3 Å². The molecule has 0 unspecified atom stereocenters. The Balaban J connectivity index is 2.65. The Morgan fingerprint density at radius 3 is 2.76 bits per heavy atom. The van der Waals surface area contributed by atoms with Crippen molar-refractivity contribution in [3.8, 4) is 0 Å². The van der Waals surface area contributed by atoms with Gasteiger partial charge in [0.05, 0.1) is 5.75 Å². The van der Waals surface area contributed by atoms with Gasteiger partial charge in [0.15, 0.2) is 0 Å². The third kappa shape index (κ3) is 5.97. The van der Waals surface area contributed by atoms with Crippen LogP contribution in [0.15, 0.2) is 24.5 Å². The van der Waals surface area contributed by atoms with E-state index in [2.05, 4.69) is 17.6 Å². The van der Waals surface area contributed by atoms with Crippen molar-refractivity contribution in [1.29, 1.82) is 0 Å². The smallest absolute Gasteiger partial charge is 0.210 e. The van der Waals surface area contributed by atoms with Crippen molar-refractivity contribution in [1.82, 2.24) is 9.88 Å². The quantitative estimate of drug-likeness (QED) is 0.606. The molecule has 0 spiro atoms. The Morgan fingerprint density at radius 2 is 2.29 bits per heavy atom. The normalized spacial score (nSPS) is 11.2. The number of thiol groups is 1. The van der Waals surface area contributed by atoms with E-state index in [9.17, 15) is 8.42 Å². The second-order valence-corrected chi connectivity index (χ2v) is 6.28. The zero-order valence-electron chi connectivity index (χ0n) is 8.98. The molecule has 0 saturated carbocycles. The molecule has 8 heteroatoms. The van der Waals surface area contributed by atoms with Crippen molar-refractivity contribution in [2.45, 2.75) is 6.54 Å². The zero-order chi connectivity index (χ0) is 12.9. The summed E-state index contributed by atoms with van der Waals surface area (Å²) >= 11 is 8.99. The lowest BCUT2D eigenvalue weighted by molar-refractivity contribution is 0.449. The van der Waals surface area contributed by atoms with Gasteiger partial charge in [0.25, 0.3) is 0 Å². The van der Waals surface area contributed by atoms with Gasteiger partial charge in [-0.05, 0) is 11.6 Å². The Kier molecular flexibility index (Phi) is 5.31. The lowest BCUT2D eigenvalue weighted by atomic mass is 10.3. The van der Waals surface area contributed by atoms with Crippen LogP contribution in [0.3, 0.4) is 0 Å². The predicted octanol–water partition coefficient (Wildman–Crippen LogP) is 0.387. The average Bonchev–Trinajstić information content (AvgIpc) is 2.24. The fourth-order valence-corrected chi connectivity index (χ4v) is 1.99. The number of hydrogen-bond donors (Lipinski definition) is 2. The third-order valence-corrected chi connectivity index (χ3v) is 3.31. The largest absolute Gasteiger partial charge is 0.352 e. The average molecular weight is 291 g/mol. The van der Waals surface area contributed by atoms with Gasteiger partial charge in [-0.15, -0.1) is 12.6 Å². The molecule has 0 saturated heterocycles. The van der Waals surface area contributed by atoms with Crippen LogP contribution in [-0.2, 0) is 16.6 Å². The van der Waals surface area contributed by atoms with Gasteiger partial charge in [0.2, 0.25) is 10.0 Å². The molecule has 1 aromatic rings. The Hall–Kier alpha value is -0.700. The minimum absolute atomic E-state index is 0.159.